The number of hydrogen-bond acceptors (Lipinski definition) is 3. The molecular weight excluding hydrogens is 244 g/mol. The Morgan fingerprint density at radius 1 is 1.32 bits per heavy atom. The van der Waals surface area contributed by atoms with Crippen molar-refractivity contribution in [2.45, 2.75) is 52.0 Å². The van der Waals surface area contributed by atoms with Crippen LogP contribution >= 0.6 is 0 Å². The summed E-state index contributed by atoms with van der Waals surface area (Å²) in [5, 5.41) is 11.8. The zero-order valence-electron chi connectivity index (χ0n) is 11.9. The number of amides is 1. The number of hydrogen-bond donors (Lipinski definition) is 3. The molecule has 19 heavy (non-hydrogen) atoms. The molecule has 0 aromatic heterocycles. The van der Waals surface area contributed by atoms with E-state index < -0.39 is 12.0 Å². The van der Waals surface area contributed by atoms with Crippen LogP contribution in [0.3, 0.4) is 0 Å². The largest absolute Gasteiger partial charge is 0.480 e. The van der Waals surface area contributed by atoms with Crippen molar-refractivity contribution < 1.29 is 14.7 Å². The second-order valence-electron chi connectivity index (χ2n) is 5.92. The van der Waals surface area contributed by atoms with Crippen LogP contribution in [0.25, 0.3) is 0 Å². The van der Waals surface area contributed by atoms with Crippen LogP contribution in [0.5, 0.6) is 0 Å². The Morgan fingerprint density at radius 3 is 2.47 bits per heavy atom. The summed E-state index contributed by atoms with van der Waals surface area (Å²) >= 11 is 0. The highest BCUT2D eigenvalue weighted by molar-refractivity contribution is 5.85. The van der Waals surface area contributed by atoms with Crippen LogP contribution in [0, 0.1) is 17.8 Å². The third-order valence-electron chi connectivity index (χ3n) is 3.87. The maximum absolute atomic E-state index is 12.2. The molecule has 4 N–H and O–H groups in total. The lowest BCUT2D eigenvalue weighted by molar-refractivity contribution is -0.143. The first kappa shape index (κ1) is 16.0. The van der Waals surface area contributed by atoms with Crippen molar-refractivity contribution >= 4 is 11.9 Å². The van der Waals surface area contributed by atoms with E-state index in [-0.39, 0.29) is 23.7 Å². The highest BCUT2D eigenvalue weighted by Gasteiger charge is 2.32. The molecule has 3 unspecified atom stereocenters. The molecule has 5 heteroatoms. The first-order chi connectivity index (χ1) is 8.95. The molecule has 110 valence electrons. The van der Waals surface area contributed by atoms with Crippen molar-refractivity contribution in [3.05, 3.63) is 0 Å². The molecule has 1 rings (SSSR count). The highest BCUT2D eigenvalue weighted by atomic mass is 16.4. The minimum Gasteiger partial charge on any atom is -0.480 e. The summed E-state index contributed by atoms with van der Waals surface area (Å²) in [5.41, 5.74) is 5.71. The fraction of sp³-hybridized carbons (Fsp3) is 0.857. The van der Waals surface area contributed by atoms with Crippen LogP contribution in [0.1, 0.15) is 46.0 Å². The SMILES string of the molecule is CC(C)CC(NC(=O)C1CCCCC1CN)C(=O)O. The molecule has 0 aliphatic heterocycles. The van der Waals surface area contributed by atoms with Gasteiger partial charge in [0.25, 0.3) is 0 Å². The Balaban J connectivity index is 2.62. The lowest BCUT2D eigenvalue weighted by atomic mass is 9.78. The molecule has 0 heterocycles. The number of nitrogens with two attached hydrogens (primary N) is 1. The van der Waals surface area contributed by atoms with Gasteiger partial charge in [0.1, 0.15) is 6.04 Å². The summed E-state index contributed by atoms with van der Waals surface area (Å²) < 4.78 is 0. The second kappa shape index (κ2) is 7.48. The molecular formula is C14H26N2O3. The van der Waals surface area contributed by atoms with E-state index in [0.29, 0.717) is 13.0 Å². The normalized spacial score (nSPS) is 25.1. The zero-order valence-corrected chi connectivity index (χ0v) is 11.9. The standard InChI is InChI=1S/C14H26N2O3/c1-9(2)7-12(14(18)19)16-13(17)11-6-4-3-5-10(11)8-15/h9-12H,3-8,15H2,1-2H3,(H,16,17)(H,18,19). The van der Waals surface area contributed by atoms with Crippen molar-refractivity contribution in [1.29, 1.82) is 0 Å². The Morgan fingerprint density at radius 2 is 1.95 bits per heavy atom. The molecule has 0 bridgehead atoms. The van der Waals surface area contributed by atoms with Crippen LogP contribution in [0.4, 0.5) is 0 Å². The van der Waals surface area contributed by atoms with Gasteiger partial charge in [-0.3, -0.25) is 4.79 Å². The Hall–Kier alpha value is -1.10. The predicted octanol–water partition coefficient (Wildman–Crippen LogP) is 1.37. The number of carboxylic acid groups (broad SMARTS) is 1. The summed E-state index contributed by atoms with van der Waals surface area (Å²) in [6.07, 6.45) is 4.38. The topological polar surface area (TPSA) is 92.4 Å². The second-order valence-corrected chi connectivity index (χ2v) is 5.92. The van der Waals surface area contributed by atoms with Crippen LogP contribution < -0.4 is 11.1 Å². The average Bonchev–Trinajstić information content (AvgIpc) is 2.37. The molecule has 1 aliphatic rings. The summed E-state index contributed by atoms with van der Waals surface area (Å²) in [5.74, 6) is -0.779. The van der Waals surface area contributed by atoms with Crippen LogP contribution in [-0.4, -0.2) is 29.6 Å². The maximum Gasteiger partial charge on any atom is 0.326 e. The van der Waals surface area contributed by atoms with E-state index in [4.69, 9.17) is 10.8 Å². The van der Waals surface area contributed by atoms with E-state index in [0.717, 1.165) is 25.7 Å². The van der Waals surface area contributed by atoms with Crippen molar-refractivity contribution in [3.63, 3.8) is 0 Å². The van der Waals surface area contributed by atoms with E-state index in [2.05, 4.69) is 5.32 Å². The number of carbonyl (C=O) groups excluding carboxylic acids is 1. The van der Waals surface area contributed by atoms with Crippen molar-refractivity contribution in [3.8, 4) is 0 Å². The summed E-state index contributed by atoms with van der Waals surface area (Å²) in [6.45, 7) is 4.40. The van der Waals surface area contributed by atoms with Gasteiger partial charge in [0.05, 0.1) is 0 Å². The van der Waals surface area contributed by atoms with Crippen LogP contribution in [-0.2, 0) is 9.59 Å². The molecule has 3 atom stereocenters. The van der Waals surface area contributed by atoms with Gasteiger partial charge in [0.15, 0.2) is 0 Å². The lowest BCUT2D eigenvalue weighted by Crippen LogP contribution is -2.47. The van der Waals surface area contributed by atoms with Crippen LogP contribution in [0.2, 0.25) is 0 Å². The molecule has 0 aromatic carbocycles. The molecule has 1 amide bonds. The van der Waals surface area contributed by atoms with E-state index >= 15 is 0 Å². The van der Waals surface area contributed by atoms with Gasteiger partial charge in [0, 0.05) is 5.92 Å². The smallest absolute Gasteiger partial charge is 0.326 e. The molecule has 0 spiro atoms. The van der Waals surface area contributed by atoms with E-state index in [1.807, 2.05) is 13.8 Å². The molecule has 0 radical (unpaired) electrons. The Labute approximate surface area is 114 Å². The van der Waals surface area contributed by atoms with Crippen LogP contribution in [0.15, 0.2) is 0 Å². The number of aliphatic carboxylic acids is 1. The number of carboxylic acids is 1. The fourth-order valence-corrected chi connectivity index (χ4v) is 2.81. The molecule has 5 nitrogen and oxygen atoms in total. The summed E-state index contributed by atoms with van der Waals surface area (Å²) in [4.78, 5) is 23.4. The molecule has 1 fully saturated rings. The van der Waals surface area contributed by atoms with Gasteiger partial charge in [-0.25, -0.2) is 4.79 Å². The number of nitrogens with one attached hydrogen (secondary N) is 1. The van der Waals surface area contributed by atoms with Gasteiger partial charge in [-0.1, -0.05) is 26.7 Å². The monoisotopic (exact) mass is 270 g/mol. The third-order valence-corrected chi connectivity index (χ3v) is 3.87. The van der Waals surface area contributed by atoms with E-state index in [1.54, 1.807) is 0 Å². The van der Waals surface area contributed by atoms with Gasteiger partial charge < -0.3 is 16.2 Å². The van der Waals surface area contributed by atoms with E-state index in [9.17, 15) is 9.59 Å². The van der Waals surface area contributed by atoms with E-state index in [1.165, 1.54) is 0 Å². The minimum absolute atomic E-state index is 0.118. The number of rotatable bonds is 6. The van der Waals surface area contributed by atoms with Gasteiger partial charge in [-0.2, -0.15) is 0 Å². The van der Waals surface area contributed by atoms with Crippen molar-refractivity contribution in [2.75, 3.05) is 6.54 Å². The summed E-state index contributed by atoms with van der Waals surface area (Å²) in [7, 11) is 0. The quantitative estimate of drug-likeness (QED) is 0.679. The first-order valence-corrected chi connectivity index (χ1v) is 7.19. The highest BCUT2D eigenvalue weighted by Crippen LogP contribution is 2.29. The van der Waals surface area contributed by atoms with Gasteiger partial charge in [-0.15, -0.1) is 0 Å². The summed E-state index contributed by atoms with van der Waals surface area (Å²) in [6, 6.07) is -0.784. The fourth-order valence-electron chi connectivity index (χ4n) is 2.81. The van der Waals surface area contributed by atoms with Crippen molar-refractivity contribution in [2.24, 2.45) is 23.5 Å². The van der Waals surface area contributed by atoms with Gasteiger partial charge >= 0.3 is 5.97 Å². The van der Waals surface area contributed by atoms with Crippen molar-refractivity contribution in [1.82, 2.24) is 5.32 Å². The van der Waals surface area contributed by atoms with Gasteiger partial charge in [0.2, 0.25) is 5.91 Å². The third kappa shape index (κ3) is 4.82. The molecule has 1 saturated carbocycles. The minimum atomic E-state index is -0.956. The molecule has 0 aromatic rings. The predicted molar refractivity (Wildman–Crippen MR) is 73.5 cm³/mol. The first-order valence-electron chi connectivity index (χ1n) is 7.19. The Bertz CT molecular complexity index is 318. The number of carbonyl (C=O) groups is 2. The average molecular weight is 270 g/mol. The van der Waals surface area contributed by atoms with Gasteiger partial charge in [-0.05, 0) is 37.6 Å². The molecule has 1 aliphatic carbocycles. The Kier molecular flexibility index (Phi) is 6.28. The zero-order chi connectivity index (χ0) is 14.4. The maximum atomic E-state index is 12.2. The molecule has 0 saturated heterocycles. The lowest BCUT2D eigenvalue weighted by Gasteiger charge is -2.30.